The van der Waals surface area contributed by atoms with Crippen LogP contribution in [0.5, 0.6) is 0 Å². The molecule has 0 atom stereocenters. The van der Waals surface area contributed by atoms with Crippen LogP contribution in [0.3, 0.4) is 0 Å². The minimum absolute atomic E-state index is 0.939. The fourth-order valence-electron chi connectivity index (χ4n) is 2.10. The molecule has 0 aliphatic rings. The van der Waals surface area contributed by atoms with Crippen LogP contribution in [-0.2, 0) is 6.54 Å². The number of hydrogen-bond acceptors (Lipinski definition) is 0. The van der Waals surface area contributed by atoms with Gasteiger partial charge in [0.05, 0.1) is 0 Å². The van der Waals surface area contributed by atoms with Gasteiger partial charge in [-0.1, -0.05) is 42.5 Å². The van der Waals surface area contributed by atoms with Crippen molar-refractivity contribution >= 4 is 10.8 Å². The highest BCUT2D eigenvalue weighted by molar-refractivity contribution is 5.85. The van der Waals surface area contributed by atoms with Gasteiger partial charge >= 0.3 is 0 Å². The van der Waals surface area contributed by atoms with Crippen LogP contribution >= 0.6 is 0 Å². The van der Waals surface area contributed by atoms with Crippen molar-refractivity contribution in [2.24, 2.45) is 0 Å². The van der Waals surface area contributed by atoms with Gasteiger partial charge in [-0.3, -0.25) is 0 Å². The molecule has 0 bridgehead atoms. The lowest BCUT2D eigenvalue weighted by Crippen LogP contribution is -1.96. The zero-order valence-electron chi connectivity index (χ0n) is 9.01. The van der Waals surface area contributed by atoms with Crippen LogP contribution in [0.4, 0.5) is 0 Å². The quantitative estimate of drug-likeness (QED) is 0.604. The second-order valence-corrected chi connectivity index (χ2v) is 3.99. The van der Waals surface area contributed by atoms with Crippen LogP contribution in [0.1, 0.15) is 5.56 Å². The van der Waals surface area contributed by atoms with E-state index in [-0.39, 0.29) is 0 Å². The molecule has 1 aromatic heterocycles. The maximum Gasteiger partial charge on any atom is 0.0476 e. The van der Waals surface area contributed by atoms with Crippen molar-refractivity contribution in [2.45, 2.75) is 6.54 Å². The van der Waals surface area contributed by atoms with E-state index in [1.165, 1.54) is 16.3 Å². The molecular formula is C15H13N. The number of rotatable bonds is 2. The molecule has 1 heterocycles. The highest BCUT2D eigenvalue weighted by Crippen LogP contribution is 2.19. The molecule has 0 saturated carbocycles. The average Bonchev–Trinajstić information content (AvgIpc) is 2.82. The third kappa shape index (κ3) is 1.61. The van der Waals surface area contributed by atoms with Crippen LogP contribution in [0.2, 0.25) is 0 Å². The molecule has 1 heteroatoms. The van der Waals surface area contributed by atoms with Gasteiger partial charge in [0.25, 0.3) is 0 Å². The Morgan fingerprint density at radius 3 is 2.38 bits per heavy atom. The zero-order valence-corrected chi connectivity index (χ0v) is 9.01. The summed E-state index contributed by atoms with van der Waals surface area (Å²) in [7, 11) is 0. The number of aromatic nitrogens is 1. The topological polar surface area (TPSA) is 4.93 Å². The Morgan fingerprint density at radius 1 is 0.750 bits per heavy atom. The SMILES string of the molecule is c1ccc2c(Cn3cccc3)cccc2c1. The minimum atomic E-state index is 0.939. The summed E-state index contributed by atoms with van der Waals surface area (Å²) in [6.07, 6.45) is 4.20. The van der Waals surface area contributed by atoms with Gasteiger partial charge in [-0.05, 0) is 28.5 Å². The average molecular weight is 207 g/mol. The van der Waals surface area contributed by atoms with Gasteiger partial charge < -0.3 is 4.57 Å². The van der Waals surface area contributed by atoms with Crippen molar-refractivity contribution in [3.05, 3.63) is 72.6 Å². The van der Waals surface area contributed by atoms with Crippen LogP contribution in [0.15, 0.2) is 67.0 Å². The molecule has 16 heavy (non-hydrogen) atoms. The number of nitrogens with zero attached hydrogens (tertiary/aromatic N) is 1. The summed E-state index contributed by atoms with van der Waals surface area (Å²) in [4.78, 5) is 0. The van der Waals surface area contributed by atoms with Crippen molar-refractivity contribution in [1.29, 1.82) is 0 Å². The third-order valence-corrected chi connectivity index (χ3v) is 2.90. The Balaban J connectivity index is 2.10. The van der Waals surface area contributed by atoms with E-state index in [4.69, 9.17) is 0 Å². The summed E-state index contributed by atoms with van der Waals surface area (Å²) < 4.78 is 2.20. The normalized spacial score (nSPS) is 10.8. The van der Waals surface area contributed by atoms with Gasteiger partial charge in [0, 0.05) is 18.9 Å². The second-order valence-electron chi connectivity index (χ2n) is 3.99. The molecule has 1 nitrogen and oxygen atoms in total. The third-order valence-electron chi connectivity index (χ3n) is 2.90. The Kier molecular flexibility index (Phi) is 2.22. The number of benzene rings is 2. The van der Waals surface area contributed by atoms with E-state index in [1.54, 1.807) is 0 Å². The first-order valence-corrected chi connectivity index (χ1v) is 5.51. The highest BCUT2D eigenvalue weighted by atomic mass is 14.9. The predicted molar refractivity (Wildman–Crippen MR) is 67.5 cm³/mol. The Labute approximate surface area is 95.0 Å². The monoisotopic (exact) mass is 207 g/mol. The molecule has 2 aromatic carbocycles. The maximum absolute atomic E-state index is 2.20. The van der Waals surface area contributed by atoms with Crippen molar-refractivity contribution in [3.63, 3.8) is 0 Å². The molecule has 0 aliphatic heterocycles. The largest absolute Gasteiger partial charge is 0.350 e. The van der Waals surface area contributed by atoms with Crippen molar-refractivity contribution in [2.75, 3.05) is 0 Å². The molecular weight excluding hydrogens is 194 g/mol. The second kappa shape index (κ2) is 3.86. The molecule has 0 unspecified atom stereocenters. The fourth-order valence-corrected chi connectivity index (χ4v) is 2.10. The molecule has 0 spiro atoms. The molecule has 0 radical (unpaired) electrons. The van der Waals surface area contributed by atoms with Crippen molar-refractivity contribution in [1.82, 2.24) is 4.57 Å². The summed E-state index contributed by atoms with van der Waals surface area (Å²) >= 11 is 0. The van der Waals surface area contributed by atoms with Gasteiger partial charge in [0.1, 0.15) is 0 Å². The lowest BCUT2D eigenvalue weighted by Gasteiger charge is -2.07. The predicted octanol–water partition coefficient (Wildman–Crippen LogP) is 3.69. The van der Waals surface area contributed by atoms with Gasteiger partial charge in [0.2, 0.25) is 0 Å². The number of fused-ring (bicyclic) bond motifs is 1. The molecule has 3 rings (SSSR count). The molecule has 0 N–H and O–H groups in total. The number of hydrogen-bond donors (Lipinski definition) is 0. The van der Waals surface area contributed by atoms with Crippen LogP contribution in [-0.4, -0.2) is 4.57 Å². The van der Waals surface area contributed by atoms with Crippen molar-refractivity contribution in [3.8, 4) is 0 Å². The van der Waals surface area contributed by atoms with Gasteiger partial charge in [-0.2, -0.15) is 0 Å². The van der Waals surface area contributed by atoms with E-state index >= 15 is 0 Å². The smallest absolute Gasteiger partial charge is 0.0476 e. The Bertz CT molecular complexity index is 588. The van der Waals surface area contributed by atoms with E-state index < -0.39 is 0 Å². The molecule has 0 fully saturated rings. The lowest BCUT2D eigenvalue weighted by molar-refractivity contribution is 0.812. The van der Waals surface area contributed by atoms with Gasteiger partial charge in [-0.15, -0.1) is 0 Å². The zero-order chi connectivity index (χ0) is 10.8. The van der Waals surface area contributed by atoms with E-state index in [0.717, 1.165) is 6.54 Å². The van der Waals surface area contributed by atoms with Crippen LogP contribution in [0, 0.1) is 0 Å². The molecule has 3 aromatic rings. The Hall–Kier alpha value is -2.02. The van der Waals surface area contributed by atoms with E-state index in [1.807, 2.05) is 0 Å². The maximum atomic E-state index is 2.20. The first kappa shape index (κ1) is 9.22. The first-order valence-electron chi connectivity index (χ1n) is 5.51. The standard InChI is InChI=1S/C15H13N/c1-2-9-15-13(6-1)7-5-8-14(15)12-16-10-3-4-11-16/h1-11H,12H2. The van der Waals surface area contributed by atoms with E-state index in [0.29, 0.717) is 0 Å². The summed E-state index contributed by atoms with van der Waals surface area (Å²) in [5.74, 6) is 0. The van der Waals surface area contributed by atoms with E-state index in [9.17, 15) is 0 Å². The summed E-state index contributed by atoms with van der Waals surface area (Å²) in [6, 6.07) is 19.1. The van der Waals surface area contributed by atoms with Gasteiger partial charge in [-0.25, -0.2) is 0 Å². The van der Waals surface area contributed by atoms with Gasteiger partial charge in [0.15, 0.2) is 0 Å². The molecule has 0 aliphatic carbocycles. The van der Waals surface area contributed by atoms with Crippen LogP contribution < -0.4 is 0 Å². The molecule has 78 valence electrons. The summed E-state index contributed by atoms with van der Waals surface area (Å²) in [5, 5.41) is 2.66. The fraction of sp³-hybridized carbons (Fsp3) is 0.0667. The summed E-state index contributed by atoms with van der Waals surface area (Å²) in [6.45, 7) is 0.939. The Morgan fingerprint density at radius 2 is 1.50 bits per heavy atom. The molecule has 0 amide bonds. The van der Waals surface area contributed by atoms with Crippen molar-refractivity contribution < 1.29 is 0 Å². The lowest BCUT2D eigenvalue weighted by atomic mass is 10.0. The highest BCUT2D eigenvalue weighted by Gasteiger charge is 1.99. The van der Waals surface area contributed by atoms with Crippen LogP contribution in [0.25, 0.3) is 10.8 Å². The summed E-state index contributed by atoms with van der Waals surface area (Å²) in [5.41, 5.74) is 1.37. The first-order chi connectivity index (χ1) is 7.93. The minimum Gasteiger partial charge on any atom is -0.350 e. The van der Waals surface area contributed by atoms with E-state index in [2.05, 4.69) is 71.6 Å². The molecule has 0 saturated heterocycles.